The van der Waals surface area contributed by atoms with Crippen molar-refractivity contribution >= 4 is 29.9 Å². The lowest BCUT2D eigenvalue weighted by molar-refractivity contribution is 0.0205. The van der Waals surface area contributed by atoms with Crippen LogP contribution in [-0.2, 0) is 24.1 Å². The molecule has 5 nitrogen and oxygen atoms in total. The van der Waals surface area contributed by atoms with Gasteiger partial charge in [0.15, 0.2) is 5.96 Å². The molecule has 0 aromatic heterocycles. The molecule has 1 atom stereocenters. The van der Waals surface area contributed by atoms with Crippen molar-refractivity contribution in [2.75, 3.05) is 20.7 Å². The molecule has 0 radical (unpaired) electrons. The number of rotatable bonds is 5. The summed E-state index contributed by atoms with van der Waals surface area (Å²) in [6, 6.07) is 3.88. The van der Waals surface area contributed by atoms with Gasteiger partial charge in [-0.3, -0.25) is 4.99 Å². The zero-order valence-electron chi connectivity index (χ0n) is 16.7. The molecule has 1 aliphatic rings. The zero-order valence-corrected chi connectivity index (χ0v) is 19.0. The minimum absolute atomic E-state index is 0. The zero-order chi connectivity index (χ0) is 18.4. The summed E-state index contributed by atoms with van der Waals surface area (Å²) in [6.45, 7) is 7.73. The highest BCUT2D eigenvalue weighted by Crippen LogP contribution is 2.30. The van der Waals surface area contributed by atoms with Crippen LogP contribution in [0.25, 0.3) is 0 Å². The fraction of sp³-hybridized carbons (Fsp3) is 0.650. The summed E-state index contributed by atoms with van der Waals surface area (Å²) in [6.07, 6.45) is 4.67. The van der Waals surface area contributed by atoms with Crippen molar-refractivity contribution in [3.8, 4) is 5.75 Å². The number of aromatic hydroxyl groups is 1. The van der Waals surface area contributed by atoms with Gasteiger partial charge in [0.2, 0.25) is 0 Å². The predicted molar refractivity (Wildman–Crippen MR) is 119 cm³/mol. The predicted octanol–water partition coefficient (Wildman–Crippen LogP) is 3.62. The average Bonchev–Trinajstić information content (AvgIpc) is 2.58. The highest BCUT2D eigenvalue weighted by molar-refractivity contribution is 14.0. The Morgan fingerprint density at radius 1 is 1.23 bits per heavy atom. The van der Waals surface area contributed by atoms with Gasteiger partial charge < -0.3 is 20.5 Å². The minimum Gasteiger partial charge on any atom is -0.508 e. The van der Waals surface area contributed by atoms with Crippen LogP contribution in [0, 0.1) is 5.41 Å². The van der Waals surface area contributed by atoms with Gasteiger partial charge in [0.25, 0.3) is 0 Å². The van der Waals surface area contributed by atoms with Gasteiger partial charge in [-0.1, -0.05) is 26.8 Å². The number of phenols is 1. The second-order valence-corrected chi connectivity index (χ2v) is 7.81. The van der Waals surface area contributed by atoms with E-state index in [4.69, 9.17) is 4.74 Å². The van der Waals surface area contributed by atoms with Crippen molar-refractivity contribution in [1.82, 2.24) is 10.6 Å². The highest BCUT2D eigenvalue weighted by Gasteiger charge is 2.24. The number of fused-ring (bicyclic) bond motifs is 1. The Kier molecular flexibility index (Phi) is 9.16. The number of hydrogen-bond donors (Lipinski definition) is 3. The highest BCUT2D eigenvalue weighted by atomic mass is 127. The van der Waals surface area contributed by atoms with Gasteiger partial charge in [0.05, 0.1) is 6.10 Å². The maximum atomic E-state index is 10.3. The molecule has 1 aromatic rings. The summed E-state index contributed by atoms with van der Waals surface area (Å²) in [5.41, 5.74) is 3.73. The summed E-state index contributed by atoms with van der Waals surface area (Å²) in [4.78, 5) is 4.29. The van der Waals surface area contributed by atoms with Crippen molar-refractivity contribution in [2.24, 2.45) is 10.4 Å². The lowest BCUT2D eigenvalue weighted by Gasteiger charge is -2.30. The number of aliphatic imine (C=N–C) groups is 1. The van der Waals surface area contributed by atoms with Gasteiger partial charge in [-0.2, -0.15) is 0 Å². The molecule has 3 N–H and O–H groups in total. The second kappa shape index (κ2) is 10.3. The first kappa shape index (κ1) is 23.0. The van der Waals surface area contributed by atoms with Crippen LogP contribution in [0.2, 0.25) is 0 Å². The first-order valence-corrected chi connectivity index (χ1v) is 9.16. The number of ether oxygens (including phenoxy) is 1. The van der Waals surface area contributed by atoms with Crippen LogP contribution in [0.3, 0.4) is 0 Å². The fourth-order valence-electron chi connectivity index (χ4n) is 3.41. The van der Waals surface area contributed by atoms with E-state index in [2.05, 4.69) is 42.5 Å². The Morgan fingerprint density at radius 3 is 2.54 bits per heavy atom. The molecule has 6 heteroatoms. The van der Waals surface area contributed by atoms with E-state index in [0.29, 0.717) is 18.8 Å². The number of benzene rings is 1. The molecule has 1 unspecified atom stereocenters. The van der Waals surface area contributed by atoms with Crippen molar-refractivity contribution in [1.29, 1.82) is 0 Å². The number of aryl methyl sites for hydroxylation is 1. The minimum atomic E-state index is 0. The maximum absolute atomic E-state index is 10.3. The van der Waals surface area contributed by atoms with Crippen LogP contribution >= 0.6 is 24.0 Å². The van der Waals surface area contributed by atoms with Crippen LogP contribution in [0.15, 0.2) is 17.1 Å². The molecule has 2 rings (SSSR count). The Hall–Kier alpha value is -1.02. The van der Waals surface area contributed by atoms with Crippen molar-refractivity contribution in [2.45, 2.75) is 59.1 Å². The lowest BCUT2D eigenvalue weighted by Crippen LogP contribution is -2.45. The van der Waals surface area contributed by atoms with Crippen LogP contribution in [-0.4, -0.2) is 37.9 Å². The summed E-state index contributed by atoms with van der Waals surface area (Å²) in [5, 5.41) is 17.0. The lowest BCUT2D eigenvalue weighted by atomic mass is 9.88. The van der Waals surface area contributed by atoms with E-state index in [1.165, 1.54) is 24.0 Å². The van der Waals surface area contributed by atoms with E-state index in [1.54, 1.807) is 14.2 Å². The average molecular weight is 475 g/mol. The molecule has 0 spiro atoms. The molecule has 0 saturated heterocycles. The molecule has 0 bridgehead atoms. The number of halogens is 1. The first-order valence-electron chi connectivity index (χ1n) is 9.16. The number of nitrogens with zero attached hydrogens (tertiary/aromatic N) is 1. The Balaban J connectivity index is 0.00000338. The summed E-state index contributed by atoms with van der Waals surface area (Å²) in [5.74, 6) is 1.09. The van der Waals surface area contributed by atoms with Crippen molar-refractivity contribution in [3.05, 3.63) is 28.8 Å². The van der Waals surface area contributed by atoms with Gasteiger partial charge in [0, 0.05) is 32.8 Å². The monoisotopic (exact) mass is 475 g/mol. The smallest absolute Gasteiger partial charge is 0.191 e. The van der Waals surface area contributed by atoms with E-state index in [-0.39, 0.29) is 35.5 Å². The van der Waals surface area contributed by atoms with Gasteiger partial charge >= 0.3 is 0 Å². The van der Waals surface area contributed by atoms with Gasteiger partial charge in [-0.15, -0.1) is 24.0 Å². The third-order valence-corrected chi connectivity index (χ3v) is 4.99. The largest absolute Gasteiger partial charge is 0.508 e. The topological polar surface area (TPSA) is 65.9 Å². The van der Waals surface area contributed by atoms with E-state index in [0.717, 1.165) is 24.4 Å². The number of hydrogen-bond acceptors (Lipinski definition) is 3. The van der Waals surface area contributed by atoms with Crippen molar-refractivity contribution < 1.29 is 9.84 Å². The molecule has 0 heterocycles. The van der Waals surface area contributed by atoms with Crippen LogP contribution < -0.4 is 10.6 Å². The standard InChI is InChI=1S/C20H33N3O2.HI/c1-20(2,3)18(25-5)13-23-19(21-4)22-12-16-15-9-7-6-8-14(15)10-11-17(16)24;/h10-11,18,24H,6-9,12-13H2,1-5H3,(H2,21,22,23);1H. The van der Waals surface area contributed by atoms with E-state index >= 15 is 0 Å². The summed E-state index contributed by atoms with van der Waals surface area (Å²) < 4.78 is 5.58. The summed E-state index contributed by atoms with van der Waals surface area (Å²) >= 11 is 0. The quantitative estimate of drug-likeness (QED) is 0.346. The normalized spacial score (nSPS) is 15.7. The van der Waals surface area contributed by atoms with E-state index < -0.39 is 0 Å². The fourth-order valence-corrected chi connectivity index (χ4v) is 3.41. The Labute approximate surface area is 175 Å². The molecular formula is C20H34IN3O2. The molecular weight excluding hydrogens is 441 g/mol. The number of methoxy groups -OCH3 is 1. The molecule has 0 fully saturated rings. The molecule has 26 heavy (non-hydrogen) atoms. The SMILES string of the molecule is CN=C(NCc1c(O)ccc2c1CCCC2)NCC(OC)C(C)(C)C.I. The van der Waals surface area contributed by atoms with Gasteiger partial charge in [-0.25, -0.2) is 0 Å². The molecule has 148 valence electrons. The van der Waals surface area contributed by atoms with Crippen LogP contribution in [0.1, 0.15) is 50.3 Å². The first-order chi connectivity index (χ1) is 11.9. The molecule has 0 saturated carbocycles. The molecule has 0 aliphatic heterocycles. The van der Waals surface area contributed by atoms with E-state index in [1.807, 2.05) is 6.07 Å². The number of nitrogens with one attached hydrogen (secondary N) is 2. The molecule has 0 amide bonds. The Bertz CT molecular complexity index is 612. The van der Waals surface area contributed by atoms with Crippen LogP contribution in [0.5, 0.6) is 5.75 Å². The van der Waals surface area contributed by atoms with Gasteiger partial charge in [-0.05, 0) is 48.3 Å². The Morgan fingerprint density at radius 2 is 1.92 bits per heavy atom. The van der Waals surface area contributed by atoms with Crippen LogP contribution in [0.4, 0.5) is 0 Å². The third-order valence-electron chi connectivity index (χ3n) is 4.99. The maximum Gasteiger partial charge on any atom is 0.191 e. The molecule has 1 aromatic carbocycles. The number of guanidine groups is 1. The third kappa shape index (κ3) is 6.01. The van der Waals surface area contributed by atoms with Gasteiger partial charge in [0.1, 0.15) is 5.75 Å². The summed E-state index contributed by atoms with van der Waals surface area (Å²) in [7, 11) is 3.50. The molecule has 1 aliphatic carbocycles. The van der Waals surface area contributed by atoms with Crippen molar-refractivity contribution in [3.63, 3.8) is 0 Å². The number of phenolic OH excluding ortho intramolecular Hbond substituents is 1. The second-order valence-electron chi connectivity index (χ2n) is 7.81. The van der Waals surface area contributed by atoms with E-state index in [9.17, 15) is 5.11 Å².